The molecule has 2 atom stereocenters. The topological polar surface area (TPSA) is 52.0 Å². The first-order valence-corrected chi connectivity index (χ1v) is 7.97. The summed E-state index contributed by atoms with van der Waals surface area (Å²) in [5.41, 5.74) is 2.19. The molecule has 3 rings (SSSR count). The third-order valence-corrected chi connectivity index (χ3v) is 4.17. The lowest BCUT2D eigenvalue weighted by molar-refractivity contribution is 0.396. The standard InChI is InChI=1S/C19H22N4O/c1-14(15-7-6-10-20-13-15)22-18(19-21-11-12-23(19)2)16-8-4-5-9-17(16)24-3/h4-14,18,22H,1-3H3. The number of hydrogen-bond donors (Lipinski definition) is 1. The lowest BCUT2D eigenvalue weighted by Gasteiger charge is -2.25. The van der Waals surface area contributed by atoms with Gasteiger partial charge in [0.2, 0.25) is 0 Å². The number of aromatic nitrogens is 3. The van der Waals surface area contributed by atoms with Gasteiger partial charge in [0.25, 0.3) is 0 Å². The van der Waals surface area contributed by atoms with Crippen molar-refractivity contribution < 1.29 is 4.74 Å². The van der Waals surface area contributed by atoms with Gasteiger partial charge in [0.05, 0.1) is 13.2 Å². The summed E-state index contributed by atoms with van der Waals surface area (Å²) >= 11 is 0. The molecule has 5 heteroatoms. The molecule has 1 N–H and O–H groups in total. The fourth-order valence-electron chi connectivity index (χ4n) is 2.84. The number of ether oxygens (including phenoxy) is 1. The Morgan fingerprint density at radius 1 is 1.12 bits per heavy atom. The minimum atomic E-state index is -0.0867. The van der Waals surface area contributed by atoms with Gasteiger partial charge < -0.3 is 9.30 Å². The maximum atomic E-state index is 5.56. The highest BCUT2D eigenvalue weighted by Gasteiger charge is 2.23. The van der Waals surface area contributed by atoms with Crippen LogP contribution in [0.25, 0.3) is 0 Å². The molecule has 0 aliphatic rings. The molecule has 0 saturated carbocycles. The SMILES string of the molecule is COc1ccccc1C(NC(C)c1cccnc1)c1nccn1C. The molecule has 0 radical (unpaired) electrons. The normalized spacial score (nSPS) is 13.5. The summed E-state index contributed by atoms with van der Waals surface area (Å²) in [7, 11) is 3.69. The third-order valence-electron chi connectivity index (χ3n) is 4.17. The molecule has 0 saturated heterocycles. The fourth-order valence-corrected chi connectivity index (χ4v) is 2.84. The van der Waals surface area contributed by atoms with Crippen LogP contribution in [0.3, 0.4) is 0 Å². The Bertz CT molecular complexity index is 785. The average Bonchev–Trinajstić information content (AvgIpc) is 3.06. The molecular formula is C19H22N4O. The summed E-state index contributed by atoms with van der Waals surface area (Å²) in [6.45, 7) is 2.13. The van der Waals surface area contributed by atoms with Gasteiger partial charge in [-0.3, -0.25) is 10.3 Å². The van der Waals surface area contributed by atoms with Crippen LogP contribution >= 0.6 is 0 Å². The first-order valence-electron chi connectivity index (χ1n) is 7.97. The predicted molar refractivity (Wildman–Crippen MR) is 93.8 cm³/mol. The molecule has 0 aliphatic carbocycles. The second-order valence-corrected chi connectivity index (χ2v) is 5.75. The number of hydrogen-bond acceptors (Lipinski definition) is 4. The Hall–Kier alpha value is -2.66. The fraction of sp³-hybridized carbons (Fsp3) is 0.263. The minimum absolute atomic E-state index is 0.0867. The molecule has 0 bridgehead atoms. The van der Waals surface area contributed by atoms with E-state index in [2.05, 4.69) is 34.3 Å². The summed E-state index contributed by atoms with van der Waals surface area (Å²) in [4.78, 5) is 8.76. The molecular weight excluding hydrogens is 300 g/mol. The molecule has 124 valence electrons. The van der Waals surface area contributed by atoms with Gasteiger partial charge in [-0.25, -0.2) is 4.98 Å². The van der Waals surface area contributed by atoms with Gasteiger partial charge >= 0.3 is 0 Å². The van der Waals surface area contributed by atoms with Gasteiger partial charge in [-0.15, -0.1) is 0 Å². The van der Waals surface area contributed by atoms with Crippen LogP contribution in [0.4, 0.5) is 0 Å². The molecule has 2 heterocycles. The molecule has 1 aromatic carbocycles. The molecule has 0 amide bonds. The van der Waals surface area contributed by atoms with Crippen molar-refractivity contribution in [2.75, 3.05) is 7.11 Å². The van der Waals surface area contributed by atoms with Gasteiger partial charge in [-0.05, 0) is 24.6 Å². The van der Waals surface area contributed by atoms with Gasteiger partial charge in [0, 0.05) is 43.4 Å². The molecule has 24 heavy (non-hydrogen) atoms. The number of nitrogens with zero attached hydrogens (tertiary/aromatic N) is 3. The van der Waals surface area contributed by atoms with E-state index in [0.29, 0.717) is 0 Å². The number of imidazole rings is 1. The Labute approximate surface area is 142 Å². The van der Waals surface area contributed by atoms with Crippen LogP contribution in [0.1, 0.15) is 36.0 Å². The van der Waals surface area contributed by atoms with Gasteiger partial charge in [0.1, 0.15) is 11.6 Å². The van der Waals surface area contributed by atoms with Crippen molar-refractivity contribution in [3.63, 3.8) is 0 Å². The van der Waals surface area contributed by atoms with Crippen molar-refractivity contribution in [1.82, 2.24) is 19.9 Å². The van der Waals surface area contributed by atoms with Gasteiger partial charge in [0.15, 0.2) is 0 Å². The minimum Gasteiger partial charge on any atom is -0.496 e. The summed E-state index contributed by atoms with van der Waals surface area (Å²) in [5.74, 6) is 1.78. The van der Waals surface area contributed by atoms with Crippen LogP contribution < -0.4 is 10.1 Å². The van der Waals surface area contributed by atoms with Crippen LogP contribution in [0.5, 0.6) is 5.75 Å². The van der Waals surface area contributed by atoms with Crippen molar-refractivity contribution in [3.8, 4) is 5.75 Å². The Kier molecular flexibility index (Phi) is 4.91. The van der Waals surface area contributed by atoms with Crippen molar-refractivity contribution in [2.24, 2.45) is 7.05 Å². The number of benzene rings is 1. The highest BCUT2D eigenvalue weighted by atomic mass is 16.5. The van der Waals surface area contributed by atoms with Crippen LogP contribution in [0.15, 0.2) is 61.2 Å². The summed E-state index contributed by atoms with van der Waals surface area (Å²) in [5, 5.41) is 3.66. The summed E-state index contributed by atoms with van der Waals surface area (Å²) in [6.07, 6.45) is 7.43. The molecule has 0 spiro atoms. The maximum Gasteiger partial charge on any atom is 0.130 e. The monoisotopic (exact) mass is 322 g/mol. The van der Waals surface area contributed by atoms with Crippen LogP contribution in [0.2, 0.25) is 0 Å². The van der Waals surface area contributed by atoms with Crippen molar-refractivity contribution in [1.29, 1.82) is 0 Å². The quantitative estimate of drug-likeness (QED) is 0.757. The van der Waals surface area contributed by atoms with Gasteiger partial charge in [-0.1, -0.05) is 24.3 Å². The lowest BCUT2D eigenvalue weighted by Crippen LogP contribution is -2.28. The van der Waals surface area contributed by atoms with E-state index in [9.17, 15) is 0 Å². The summed E-state index contributed by atoms with van der Waals surface area (Å²) in [6, 6.07) is 12.1. The number of nitrogens with one attached hydrogen (secondary N) is 1. The zero-order chi connectivity index (χ0) is 16.9. The molecule has 5 nitrogen and oxygen atoms in total. The first-order chi connectivity index (χ1) is 11.7. The largest absolute Gasteiger partial charge is 0.496 e. The van der Waals surface area contributed by atoms with Crippen molar-refractivity contribution in [2.45, 2.75) is 19.0 Å². The van der Waals surface area contributed by atoms with E-state index < -0.39 is 0 Å². The number of methoxy groups -OCH3 is 1. The Balaban J connectivity index is 1.99. The van der Waals surface area contributed by atoms with E-state index in [0.717, 1.165) is 22.7 Å². The van der Waals surface area contributed by atoms with Crippen LogP contribution in [-0.2, 0) is 7.05 Å². The van der Waals surface area contributed by atoms with Crippen molar-refractivity contribution in [3.05, 3.63) is 78.1 Å². The molecule has 2 unspecified atom stereocenters. The molecule has 3 aromatic rings. The van der Waals surface area contributed by atoms with E-state index in [-0.39, 0.29) is 12.1 Å². The van der Waals surface area contributed by atoms with Crippen LogP contribution in [-0.4, -0.2) is 21.6 Å². The number of pyridine rings is 1. The number of rotatable bonds is 6. The highest BCUT2D eigenvalue weighted by Crippen LogP contribution is 2.31. The highest BCUT2D eigenvalue weighted by molar-refractivity contribution is 5.39. The van der Waals surface area contributed by atoms with E-state index in [1.54, 1.807) is 13.3 Å². The zero-order valence-corrected chi connectivity index (χ0v) is 14.2. The number of aryl methyl sites for hydroxylation is 1. The third kappa shape index (κ3) is 3.31. The van der Waals surface area contributed by atoms with Gasteiger partial charge in [-0.2, -0.15) is 0 Å². The average molecular weight is 322 g/mol. The lowest BCUT2D eigenvalue weighted by atomic mass is 10.0. The summed E-state index contributed by atoms with van der Waals surface area (Å²) < 4.78 is 7.59. The maximum absolute atomic E-state index is 5.56. The Morgan fingerprint density at radius 3 is 2.62 bits per heavy atom. The molecule has 2 aromatic heterocycles. The van der Waals surface area contributed by atoms with E-state index in [1.165, 1.54) is 0 Å². The number of para-hydroxylation sites is 1. The smallest absolute Gasteiger partial charge is 0.130 e. The second kappa shape index (κ2) is 7.27. The van der Waals surface area contributed by atoms with E-state index in [4.69, 9.17) is 4.74 Å². The zero-order valence-electron chi connectivity index (χ0n) is 14.2. The van der Waals surface area contributed by atoms with E-state index in [1.807, 2.05) is 54.5 Å². The van der Waals surface area contributed by atoms with Crippen LogP contribution in [0, 0.1) is 0 Å². The second-order valence-electron chi connectivity index (χ2n) is 5.75. The van der Waals surface area contributed by atoms with Crippen molar-refractivity contribution >= 4 is 0 Å². The predicted octanol–water partition coefficient (Wildman–Crippen LogP) is 3.26. The first kappa shape index (κ1) is 16.2. The molecule has 0 fully saturated rings. The van der Waals surface area contributed by atoms with E-state index >= 15 is 0 Å². The Morgan fingerprint density at radius 2 is 1.96 bits per heavy atom. The molecule has 0 aliphatic heterocycles.